The first-order chi connectivity index (χ1) is 7.77. The third-order valence-electron chi connectivity index (χ3n) is 2.90. The molecule has 0 spiro atoms. The molecule has 0 radical (unpaired) electrons. The van der Waals surface area contributed by atoms with Crippen molar-refractivity contribution in [2.75, 3.05) is 24.5 Å². The summed E-state index contributed by atoms with van der Waals surface area (Å²) in [6, 6.07) is 8.17. The lowest BCUT2D eigenvalue weighted by atomic mass is 10.2. The Morgan fingerprint density at radius 1 is 1.19 bits per heavy atom. The Labute approximate surface area is 96.5 Å². The van der Waals surface area contributed by atoms with Crippen LogP contribution in [0.4, 0.5) is 5.69 Å². The maximum Gasteiger partial charge on any atom is 0.228 e. The highest BCUT2D eigenvalue weighted by Gasteiger charge is 2.16. The zero-order valence-corrected chi connectivity index (χ0v) is 9.70. The maximum atomic E-state index is 11.9. The van der Waals surface area contributed by atoms with Crippen molar-refractivity contribution in [2.45, 2.75) is 19.8 Å². The first-order valence-electron chi connectivity index (χ1n) is 5.85. The summed E-state index contributed by atoms with van der Waals surface area (Å²) < 4.78 is 0. The standard InChI is InChI=1S/C13H18N2O/c1-11-3-5-12(6-4-11)15-10-2-8-14-9-7-13(15)16/h3-6,14H,2,7-10H2,1H3. The molecule has 0 bridgehead atoms. The fourth-order valence-electron chi connectivity index (χ4n) is 1.94. The van der Waals surface area contributed by atoms with Gasteiger partial charge < -0.3 is 10.2 Å². The number of nitrogens with one attached hydrogen (secondary N) is 1. The normalized spacial score (nSPS) is 18.1. The summed E-state index contributed by atoms with van der Waals surface area (Å²) >= 11 is 0. The van der Waals surface area contributed by atoms with Gasteiger partial charge in [-0.1, -0.05) is 17.7 Å². The Kier molecular flexibility index (Phi) is 3.57. The molecule has 3 heteroatoms. The van der Waals surface area contributed by atoms with Crippen molar-refractivity contribution in [3.8, 4) is 0 Å². The number of rotatable bonds is 1. The summed E-state index contributed by atoms with van der Waals surface area (Å²) in [7, 11) is 0. The van der Waals surface area contributed by atoms with E-state index in [9.17, 15) is 4.79 Å². The van der Waals surface area contributed by atoms with Gasteiger partial charge in [-0.25, -0.2) is 0 Å². The summed E-state index contributed by atoms with van der Waals surface area (Å²) in [5.41, 5.74) is 2.25. The Hall–Kier alpha value is -1.35. The molecule has 0 atom stereocenters. The number of hydrogen-bond donors (Lipinski definition) is 1. The molecule has 1 aromatic rings. The number of carbonyl (C=O) groups excluding carboxylic acids is 1. The van der Waals surface area contributed by atoms with Crippen LogP contribution in [0.3, 0.4) is 0 Å². The molecule has 1 N–H and O–H groups in total. The molecule has 1 amide bonds. The SMILES string of the molecule is Cc1ccc(N2CCCNCCC2=O)cc1. The lowest BCUT2D eigenvalue weighted by Crippen LogP contribution is -2.38. The van der Waals surface area contributed by atoms with Crippen LogP contribution in [0.2, 0.25) is 0 Å². The number of nitrogens with zero attached hydrogens (tertiary/aromatic N) is 1. The van der Waals surface area contributed by atoms with Gasteiger partial charge in [-0.2, -0.15) is 0 Å². The molecule has 1 aliphatic heterocycles. The number of amides is 1. The number of benzene rings is 1. The quantitative estimate of drug-likeness (QED) is 0.778. The van der Waals surface area contributed by atoms with E-state index in [1.54, 1.807) is 0 Å². The minimum Gasteiger partial charge on any atom is -0.316 e. The van der Waals surface area contributed by atoms with Gasteiger partial charge in [0, 0.05) is 25.2 Å². The highest BCUT2D eigenvalue weighted by molar-refractivity contribution is 5.93. The molecule has 0 saturated carbocycles. The molecule has 1 heterocycles. The number of carbonyl (C=O) groups is 1. The second kappa shape index (κ2) is 5.12. The third-order valence-corrected chi connectivity index (χ3v) is 2.90. The molecule has 3 nitrogen and oxygen atoms in total. The summed E-state index contributed by atoms with van der Waals surface area (Å²) in [6.45, 7) is 4.66. The van der Waals surface area contributed by atoms with E-state index in [1.807, 2.05) is 17.0 Å². The smallest absolute Gasteiger partial charge is 0.228 e. The fourth-order valence-corrected chi connectivity index (χ4v) is 1.94. The highest BCUT2D eigenvalue weighted by atomic mass is 16.2. The first-order valence-corrected chi connectivity index (χ1v) is 5.85. The van der Waals surface area contributed by atoms with Crippen LogP contribution < -0.4 is 10.2 Å². The lowest BCUT2D eigenvalue weighted by Gasteiger charge is -2.25. The van der Waals surface area contributed by atoms with Crippen LogP contribution in [0, 0.1) is 6.92 Å². The van der Waals surface area contributed by atoms with Gasteiger partial charge in [0.2, 0.25) is 5.91 Å². The zero-order valence-electron chi connectivity index (χ0n) is 9.70. The van der Waals surface area contributed by atoms with Gasteiger partial charge in [-0.15, -0.1) is 0 Å². The van der Waals surface area contributed by atoms with E-state index in [0.717, 1.165) is 31.7 Å². The summed E-state index contributed by atoms with van der Waals surface area (Å²) in [4.78, 5) is 13.8. The monoisotopic (exact) mass is 218 g/mol. The molecule has 1 fully saturated rings. The van der Waals surface area contributed by atoms with E-state index in [-0.39, 0.29) is 5.91 Å². The predicted octanol–water partition coefficient (Wildman–Crippen LogP) is 1.71. The summed E-state index contributed by atoms with van der Waals surface area (Å²) in [5.74, 6) is 0.219. The van der Waals surface area contributed by atoms with Gasteiger partial charge in [-0.3, -0.25) is 4.79 Å². The molecule has 1 aliphatic rings. The van der Waals surface area contributed by atoms with Crippen LogP contribution >= 0.6 is 0 Å². The van der Waals surface area contributed by atoms with Gasteiger partial charge in [-0.05, 0) is 32.0 Å². The van der Waals surface area contributed by atoms with Crippen LogP contribution in [-0.2, 0) is 4.79 Å². The highest BCUT2D eigenvalue weighted by Crippen LogP contribution is 2.17. The molecular weight excluding hydrogens is 200 g/mol. The second-order valence-corrected chi connectivity index (χ2v) is 4.23. The summed E-state index contributed by atoms with van der Waals surface area (Å²) in [6.07, 6.45) is 1.60. The van der Waals surface area contributed by atoms with Crippen molar-refractivity contribution in [3.63, 3.8) is 0 Å². The van der Waals surface area contributed by atoms with Gasteiger partial charge in [0.15, 0.2) is 0 Å². The molecule has 2 rings (SSSR count). The van der Waals surface area contributed by atoms with Crippen molar-refractivity contribution in [3.05, 3.63) is 29.8 Å². The third kappa shape index (κ3) is 2.61. The minimum atomic E-state index is 0.219. The Morgan fingerprint density at radius 3 is 2.69 bits per heavy atom. The van der Waals surface area contributed by atoms with Gasteiger partial charge in [0.1, 0.15) is 0 Å². The molecule has 0 aromatic heterocycles. The number of aryl methyl sites for hydroxylation is 1. The Balaban J connectivity index is 2.15. The molecular formula is C13H18N2O. The van der Waals surface area contributed by atoms with E-state index in [2.05, 4.69) is 24.4 Å². The summed E-state index contributed by atoms with van der Waals surface area (Å²) in [5, 5.41) is 3.25. The molecule has 16 heavy (non-hydrogen) atoms. The van der Waals surface area contributed by atoms with Crippen molar-refractivity contribution in [2.24, 2.45) is 0 Å². The zero-order chi connectivity index (χ0) is 11.4. The van der Waals surface area contributed by atoms with Crippen LogP contribution in [0.25, 0.3) is 0 Å². The molecule has 1 aromatic carbocycles. The molecule has 86 valence electrons. The van der Waals surface area contributed by atoms with Crippen LogP contribution in [0.15, 0.2) is 24.3 Å². The van der Waals surface area contributed by atoms with Crippen molar-refractivity contribution in [1.29, 1.82) is 0 Å². The van der Waals surface area contributed by atoms with Crippen LogP contribution in [0.1, 0.15) is 18.4 Å². The van der Waals surface area contributed by atoms with Gasteiger partial charge >= 0.3 is 0 Å². The predicted molar refractivity (Wildman–Crippen MR) is 65.6 cm³/mol. The van der Waals surface area contributed by atoms with Crippen molar-refractivity contribution in [1.82, 2.24) is 5.32 Å². The van der Waals surface area contributed by atoms with Gasteiger partial charge in [0.05, 0.1) is 0 Å². The van der Waals surface area contributed by atoms with Gasteiger partial charge in [0.25, 0.3) is 0 Å². The maximum absolute atomic E-state index is 11.9. The van der Waals surface area contributed by atoms with Crippen molar-refractivity contribution >= 4 is 11.6 Å². The van der Waals surface area contributed by atoms with Crippen LogP contribution in [0.5, 0.6) is 0 Å². The Bertz CT molecular complexity index is 359. The van der Waals surface area contributed by atoms with Crippen LogP contribution in [-0.4, -0.2) is 25.5 Å². The van der Waals surface area contributed by atoms with E-state index in [4.69, 9.17) is 0 Å². The largest absolute Gasteiger partial charge is 0.316 e. The lowest BCUT2D eigenvalue weighted by molar-refractivity contribution is -0.118. The average Bonchev–Trinajstić information content (AvgIpc) is 2.26. The first kappa shape index (κ1) is 11.1. The molecule has 1 saturated heterocycles. The topological polar surface area (TPSA) is 32.3 Å². The minimum absolute atomic E-state index is 0.219. The van der Waals surface area contributed by atoms with E-state index in [1.165, 1.54) is 5.56 Å². The number of anilines is 1. The fraction of sp³-hybridized carbons (Fsp3) is 0.462. The average molecular weight is 218 g/mol. The Morgan fingerprint density at radius 2 is 1.94 bits per heavy atom. The van der Waals surface area contributed by atoms with E-state index < -0.39 is 0 Å². The van der Waals surface area contributed by atoms with E-state index in [0.29, 0.717) is 6.42 Å². The molecule has 0 aliphatic carbocycles. The van der Waals surface area contributed by atoms with E-state index >= 15 is 0 Å². The second-order valence-electron chi connectivity index (χ2n) is 4.23. The number of hydrogen-bond acceptors (Lipinski definition) is 2. The van der Waals surface area contributed by atoms with Crippen molar-refractivity contribution < 1.29 is 4.79 Å². The molecule has 0 unspecified atom stereocenters.